The first-order valence-electron chi connectivity index (χ1n) is 14.9. The largest absolute Gasteiger partial charge is 0.494 e. The lowest BCUT2D eigenvalue weighted by molar-refractivity contribution is -0.154. The Morgan fingerprint density at radius 2 is 1.52 bits per heavy atom. The number of benzene rings is 2. The van der Waals surface area contributed by atoms with E-state index in [-0.39, 0.29) is 24.8 Å². The molecular weight excluding hydrogens is 528 g/mol. The number of nitrogens with one attached hydrogen (secondary N) is 2. The van der Waals surface area contributed by atoms with Gasteiger partial charge in [-0.1, -0.05) is 56.7 Å². The summed E-state index contributed by atoms with van der Waals surface area (Å²) < 4.78 is 11.2. The second kappa shape index (κ2) is 16.0. The monoisotopic (exact) mass is 574 g/mol. The van der Waals surface area contributed by atoms with Gasteiger partial charge in [0, 0.05) is 30.1 Å². The van der Waals surface area contributed by atoms with E-state index in [9.17, 15) is 9.59 Å². The Labute approximate surface area is 250 Å². The van der Waals surface area contributed by atoms with Crippen molar-refractivity contribution < 1.29 is 19.1 Å². The summed E-state index contributed by atoms with van der Waals surface area (Å²) in [4.78, 5) is 33.7. The number of likely N-dealkylation sites (N-methyl/N-ethyl adjacent to an activating group) is 1. The summed E-state index contributed by atoms with van der Waals surface area (Å²) in [5.41, 5.74) is 3.33. The zero-order chi connectivity index (χ0) is 30.5. The Bertz CT molecular complexity index is 1250. The van der Waals surface area contributed by atoms with Crippen molar-refractivity contribution in [2.24, 2.45) is 5.92 Å². The number of unbranched alkanes of at least 4 members (excludes halogenated alkanes) is 1. The van der Waals surface area contributed by atoms with E-state index in [0.29, 0.717) is 12.2 Å². The first kappa shape index (κ1) is 32.7. The molecule has 0 spiro atoms. The van der Waals surface area contributed by atoms with Crippen LogP contribution < -0.4 is 15.4 Å². The van der Waals surface area contributed by atoms with Crippen LogP contribution in [0.2, 0.25) is 0 Å². The summed E-state index contributed by atoms with van der Waals surface area (Å²) in [5, 5.41) is 5.87. The summed E-state index contributed by atoms with van der Waals surface area (Å²) in [6.07, 6.45) is 7.79. The van der Waals surface area contributed by atoms with Crippen LogP contribution >= 0.6 is 0 Å². The molecule has 8 heteroatoms. The molecule has 1 aromatic heterocycles. The summed E-state index contributed by atoms with van der Waals surface area (Å²) >= 11 is 0. The Kier molecular flexibility index (Phi) is 12.5. The molecule has 2 aromatic carbocycles. The first-order chi connectivity index (χ1) is 20.0. The van der Waals surface area contributed by atoms with Gasteiger partial charge in [-0.2, -0.15) is 0 Å². The van der Waals surface area contributed by atoms with E-state index >= 15 is 0 Å². The molecule has 8 nitrogen and oxygen atoms in total. The maximum Gasteiger partial charge on any atom is 0.308 e. The quantitative estimate of drug-likeness (QED) is 0.170. The lowest BCUT2D eigenvalue weighted by Crippen LogP contribution is -2.44. The van der Waals surface area contributed by atoms with Crippen LogP contribution in [-0.2, 0) is 20.7 Å². The highest BCUT2D eigenvalue weighted by Crippen LogP contribution is 2.24. The van der Waals surface area contributed by atoms with Gasteiger partial charge in [0.05, 0.1) is 19.1 Å². The van der Waals surface area contributed by atoms with E-state index in [4.69, 9.17) is 9.47 Å². The fraction of sp³-hybridized carbons (Fsp3) is 0.471. The normalized spacial score (nSPS) is 12.2. The SMILES string of the molecule is CNC(Cc1ccc(-c2ncc(-c3ccc(OCCCCC(C)C)cc3)cn2)cc1)C(=O)NCCC(=O)OC(C)(C)C. The zero-order valence-corrected chi connectivity index (χ0v) is 25.9. The molecule has 226 valence electrons. The summed E-state index contributed by atoms with van der Waals surface area (Å²) in [6.45, 7) is 10.9. The minimum Gasteiger partial charge on any atom is -0.494 e. The van der Waals surface area contributed by atoms with Gasteiger partial charge >= 0.3 is 5.97 Å². The molecule has 0 aliphatic carbocycles. The Morgan fingerprint density at radius 3 is 2.12 bits per heavy atom. The molecule has 2 N–H and O–H groups in total. The number of hydrogen-bond acceptors (Lipinski definition) is 7. The van der Waals surface area contributed by atoms with Crippen LogP contribution in [0.15, 0.2) is 60.9 Å². The van der Waals surface area contributed by atoms with Gasteiger partial charge in [-0.05, 0) is 76.3 Å². The van der Waals surface area contributed by atoms with Crippen molar-refractivity contribution in [1.29, 1.82) is 0 Å². The van der Waals surface area contributed by atoms with Gasteiger partial charge in [0.15, 0.2) is 5.82 Å². The van der Waals surface area contributed by atoms with Crippen molar-refractivity contribution in [2.45, 2.75) is 78.4 Å². The molecule has 1 amide bonds. The van der Waals surface area contributed by atoms with Gasteiger partial charge < -0.3 is 20.1 Å². The number of hydrogen-bond donors (Lipinski definition) is 2. The summed E-state index contributed by atoms with van der Waals surface area (Å²) in [7, 11) is 1.75. The predicted octanol–water partition coefficient (Wildman–Crippen LogP) is 5.99. The van der Waals surface area contributed by atoms with Crippen molar-refractivity contribution in [3.8, 4) is 28.3 Å². The smallest absolute Gasteiger partial charge is 0.308 e. The molecule has 0 bridgehead atoms. The second-order valence-corrected chi connectivity index (χ2v) is 11.9. The first-order valence-corrected chi connectivity index (χ1v) is 14.9. The van der Waals surface area contributed by atoms with Crippen molar-refractivity contribution in [3.63, 3.8) is 0 Å². The summed E-state index contributed by atoms with van der Waals surface area (Å²) in [6, 6.07) is 15.5. The Morgan fingerprint density at radius 1 is 0.881 bits per heavy atom. The number of aromatic nitrogens is 2. The van der Waals surface area contributed by atoms with Crippen molar-refractivity contribution in [3.05, 3.63) is 66.5 Å². The van der Waals surface area contributed by atoms with Crippen LogP contribution in [0.4, 0.5) is 0 Å². The average Bonchev–Trinajstić information content (AvgIpc) is 2.95. The fourth-order valence-corrected chi connectivity index (χ4v) is 4.37. The third-order valence-corrected chi connectivity index (χ3v) is 6.65. The molecule has 1 heterocycles. The maximum atomic E-state index is 12.6. The maximum absolute atomic E-state index is 12.6. The fourth-order valence-electron chi connectivity index (χ4n) is 4.37. The van der Waals surface area contributed by atoms with Crippen LogP contribution in [0, 0.1) is 5.92 Å². The molecule has 0 fully saturated rings. The number of esters is 1. The minimum atomic E-state index is -0.540. The zero-order valence-electron chi connectivity index (χ0n) is 25.9. The van der Waals surface area contributed by atoms with Gasteiger partial charge in [-0.25, -0.2) is 9.97 Å². The topological polar surface area (TPSA) is 102 Å². The lowest BCUT2D eigenvalue weighted by Gasteiger charge is -2.20. The molecule has 0 aliphatic heterocycles. The Balaban J connectivity index is 1.49. The number of amides is 1. The molecule has 1 atom stereocenters. The van der Waals surface area contributed by atoms with E-state index in [2.05, 4.69) is 34.4 Å². The molecular formula is C34H46N4O4. The van der Waals surface area contributed by atoms with E-state index in [1.165, 1.54) is 12.8 Å². The van der Waals surface area contributed by atoms with E-state index in [0.717, 1.165) is 46.9 Å². The number of rotatable bonds is 15. The van der Waals surface area contributed by atoms with Crippen molar-refractivity contribution in [2.75, 3.05) is 20.2 Å². The molecule has 0 saturated heterocycles. The Hall–Kier alpha value is -3.78. The molecule has 1 unspecified atom stereocenters. The van der Waals surface area contributed by atoms with Gasteiger partial charge in [0.25, 0.3) is 0 Å². The number of nitrogens with zero attached hydrogens (tertiary/aromatic N) is 2. The molecule has 42 heavy (non-hydrogen) atoms. The van der Waals surface area contributed by atoms with Crippen LogP contribution in [0.1, 0.15) is 65.9 Å². The van der Waals surface area contributed by atoms with Crippen LogP contribution in [0.5, 0.6) is 5.75 Å². The van der Waals surface area contributed by atoms with Crippen molar-refractivity contribution >= 4 is 11.9 Å². The van der Waals surface area contributed by atoms with Crippen LogP contribution in [0.3, 0.4) is 0 Å². The van der Waals surface area contributed by atoms with Crippen molar-refractivity contribution in [1.82, 2.24) is 20.6 Å². The third-order valence-electron chi connectivity index (χ3n) is 6.65. The minimum absolute atomic E-state index is 0.130. The molecule has 3 aromatic rings. The molecule has 0 radical (unpaired) electrons. The third kappa shape index (κ3) is 11.2. The summed E-state index contributed by atoms with van der Waals surface area (Å²) in [5.74, 6) is 1.75. The highest BCUT2D eigenvalue weighted by Gasteiger charge is 2.19. The highest BCUT2D eigenvalue weighted by molar-refractivity contribution is 5.82. The van der Waals surface area contributed by atoms with Crippen LogP contribution in [-0.4, -0.2) is 53.7 Å². The second-order valence-electron chi connectivity index (χ2n) is 11.9. The molecule has 3 rings (SSSR count). The predicted molar refractivity (Wildman–Crippen MR) is 167 cm³/mol. The standard InChI is InChI=1S/C34H46N4O4/c1-24(2)9-7-8-20-41-29-16-14-26(15-17-29)28-22-37-32(38-23-28)27-12-10-25(11-13-27)21-30(35-6)33(40)36-19-18-31(39)42-34(3,4)5/h10-17,22-24,30,35H,7-9,18-21H2,1-6H3,(H,36,40). The highest BCUT2D eigenvalue weighted by atomic mass is 16.6. The number of carbonyl (C=O) groups is 2. The number of carbonyl (C=O) groups excluding carboxylic acids is 2. The number of ether oxygens (including phenoxy) is 2. The average molecular weight is 575 g/mol. The van der Waals surface area contributed by atoms with Gasteiger partial charge in [-0.15, -0.1) is 0 Å². The van der Waals surface area contributed by atoms with Gasteiger partial charge in [0.1, 0.15) is 11.4 Å². The van der Waals surface area contributed by atoms with E-state index < -0.39 is 11.6 Å². The lowest BCUT2D eigenvalue weighted by atomic mass is 10.0. The molecule has 0 saturated carbocycles. The molecule has 0 aliphatic rings. The van der Waals surface area contributed by atoms with Gasteiger partial charge in [-0.3, -0.25) is 9.59 Å². The van der Waals surface area contributed by atoms with E-state index in [1.54, 1.807) is 7.05 Å². The van der Waals surface area contributed by atoms with E-state index in [1.807, 2.05) is 81.7 Å². The van der Waals surface area contributed by atoms with Crippen LogP contribution in [0.25, 0.3) is 22.5 Å². The van der Waals surface area contributed by atoms with Gasteiger partial charge in [0.2, 0.25) is 5.91 Å².